The first-order chi connectivity index (χ1) is 23.6. The zero-order valence-electron chi connectivity index (χ0n) is 31.8. The van der Waals surface area contributed by atoms with Crippen LogP contribution in [0, 0.1) is 27.7 Å². The Labute approximate surface area is 299 Å². The van der Waals surface area contributed by atoms with E-state index in [1.807, 2.05) is 0 Å². The molecule has 0 unspecified atom stereocenters. The molecule has 0 spiro atoms. The van der Waals surface area contributed by atoms with Crippen molar-refractivity contribution in [2.24, 2.45) is 0 Å². The van der Waals surface area contributed by atoms with Crippen LogP contribution in [0.1, 0.15) is 110 Å². The highest BCUT2D eigenvalue weighted by atomic mass is 16.7. The molecular weight excluding hydrogens is 601 g/mol. The summed E-state index contributed by atoms with van der Waals surface area (Å²) in [7, 11) is -1.20. The molecular formula is C44H63BNO3+. The topological polar surface area (TPSA) is 38.7 Å². The fraction of sp³-hybridized carbons (Fsp3) is 0.455. The van der Waals surface area contributed by atoms with Gasteiger partial charge >= 0.3 is 7.32 Å². The van der Waals surface area contributed by atoms with Crippen LogP contribution in [0.15, 0.2) is 97.1 Å². The van der Waals surface area contributed by atoms with E-state index in [2.05, 4.69) is 152 Å². The first kappa shape index (κ1) is 40.2. The van der Waals surface area contributed by atoms with Gasteiger partial charge in [0.2, 0.25) is 0 Å². The molecule has 4 rings (SSSR count). The minimum Gasteiger partial charge on any atom is -0.402 e. The Morgan fingerprint density at radius 2 is 0.714 bits per heavy atom. The van der Waals surface area contributed by atoms with Crippen molar-refractivity contribution in [2.75, 3.05) is 39.4 Å². The summed E-state index contributed by atoms with van der Waals surface area (Å²) in [6, 6.07) is 35.2. The zero-order valence-corrected chi connectivity index (χ0v) is 31.8. The summed E-state index contributed by atoms with van der Waals surface area (Å²) in [5.41, 5.74) is 10.3. The smallest absolute Gasteiger partial charge is 0.402 e. The lowest BCUT2D eigenvalue weighted by Gasteiger charge is -2.34. The molecule has 0 aliphatic rings. The second-order valence-electron chi connectivity index (χ2n) is 13.7. The molecule has 0 fully saturated rings. The van der Waals surface area contributed by atoms with E-state index in [1.54, 1.807) is 0 Å². The number of benzene rings is 4. The Bertz CT molecular complexity index is 1240. The number of rotatable bonds is 18. The number of quaternary nitrogens is 1. The van der Waals surface area contributed by atoms with Crippen LogP contribution in [0.3, 0.4) is 0 Å². The van der Waals surface area contributed by atoms with E-state index in [-0.39, 0.29) is 0 Å². The van der Waals surface area contributed by atoms with E-state index < -0.39 is 7.32 Å². The number of hydrogen-bond acceptors (Lipinski definition) is 3. The van der Waals surface area contributed by atoms with E-state index in [4.69, 9.17) is 9.31 Å². The normalized spacial score (nSPS) is 11.5. The van der Waals surface area contributed by atoms with E-state index in [0.717, 1.165) is 25.7 Å². The van der Waals surface area contributed by atoms with Crippen LogP contribution < -0.4 is 0 Å². The summed E-state index contributed by atoms with van der Waals surface area (Å²) in [5.74, 6) is 0.590. The van der Waals surface area contributed by atoms with Crippen LogP contribution in [0.5, 0.6) is 0 Å². The van der Waals surface area contributed by atoms with Crippen molar-refractivity contribution >= 4 is 7.32 Å². The Morgan fingerprint density at radius 1 is 0.469 bits per heavy atom. The van der Waals surface area contributed by atoms with Gasteiger partial charge in [-0.15, -0.1) is 0 Å². The molecule has 0 aliphatic heterocycles. The van der Waals surface area contributed by atoms with E-state index in [0.29, 0.717) is 25.0 Å². The molecule has 0 radical (unpaired) electrons. The average molecular weight is 665 g/mol. The lowest BCUT2D eigenvalue weighted by Crippen LogP contribution is -2.47. The SMILES string of the molecule is CC[N+](CC)(CC)CC.Cc1ccc(C(CCCOB(O)OCCCC(c2ccc(C)cc2)c2ccc(C)cc2)c2ccc(C)cc2)cc1. The fourth-order valence-corrected chi connectivity index (χ4v) is 6.58. The van der Waals surface area contributed by atoms with Crippen molar-refractivity contribution in [2.45, 2.75) is 92.9 Å². The third-order valence-electron chi connectivity index (χ3n) is 10.4. The van der Waals surface area contributed by atoms with Gasteiger partial charge in [0.05, 0.1) is 26.2 Å². The van der Waals surface area contributed by atoms with Crippen LogP contribution in [0.25, 0.3) is 0 Å². The van der Waals surface area contributed by atoms with Gasteiger partial charge in [0.1, 0.15) is 0 Å². The van der Waals surface area contributed by atoms with Gasteiger partial charge in [0, 0.05) is 25.0 Å². The van der Waals surface area contributed by atoms with E-state index in [9.17, 15) is 5.02 Å². The van der Waals surface area contributed by atoms with Gasteiger partial charge in [-0.05, 0) is 103 Å². The van der Waals surface area contributed by atoms with Gasteiger partial charge in [-0.3, -0.25) is 0 Å². The Hall–Kier alpha value is -3.22. The Balaban J connectivity index is 0.000000635. The van der Waals surface area contributed by atoms with Gasteiger partial charge < -0.3 is 18.8 Å². The summed E-state index contributed by atoms with van der Waals surface area (Å²) < 4.78 is 12.6. The summed E-state index contributed by atoms with van der Waals surface area (Å²) in [6.45, 7) is 23.6. The molecule has 1 N–H and O–H groups in total. The highest BCUT2D eigenvalue weighted by molar-refractivity contribution is 6.34. The minimum atomic E-state index is -1.20. The van der Waals surface area contributed by atoms with E-state index >= 15 is 0 Å². The van der Waals surface area contributed by atoms with Crippen LogP contribution in [-0.4, -0.2) is 56.2 Å². The maximum atomic E-state index is 10.3. The summed E-state index contributed by atoms with van der Waals surface area (Å²) in [6.07, 6.45) is 3.53. The fourth-order valence-electron chi connectivity index (χ4n) is 6.58. The predicted molar refractivity (Wildman–Crippen MR) is 209 cm³/mol. The van der Waals surface area contributed by atoms with Crippen LogP contribution >= 0.6 is 0 Å². The number of hydrogen-bond donors (Lipinski definition) is 1. The van der Waals surface area contributed by atoms with Crippen LogP contribution in [-0.2, 0) is 9.31 Å². The first-order valence-corrected chi connectivity index (χ1v) is 18.7. The molecule has 0 saturated carbocycles. The van der Waals surface area contributed by atoms with Crippen LogP contribution in [0.4, 0.5) is 0 Å². The highest BCUT2D eigenvalue weighted by Crippen LogP contribution is 2.31. The molecule has 4 nitrogen and oxygen atoms in total. The van der Waals surface area contributed by atoms with E-state index in [1.165, 1.54) is 75.2 Å². The Morgan fingerprint density at radius 3 is 0.918 bits per heavy atom. The molecule has 0 aliphatic carbocycles. The van der Waals surface area contributed by atoms with Crippen LogP contribution in [0.2, 0.25) is 0 Å². The van der Waals surface area contributed by atoms with Gasteiger partial charge in [0.15, 0.2) is 0 Å². The molecule has 0 aromatic heterocycles. The van der Waals surface area contributed by atoms with Gasteiger partial charge in [0.25, 0.3) is 0 Å². The quantitative estimate of drug-likeness (QED) is 0.0654. The van der Waals surface area contributed by atoms with Crippen molar-refractivity contribution in [3.63, 3.8) is 0 Å². The maximum Gasteiger partial charge on any atom is 0.636 e. The summed E-state index contributed by atoms with van der Waals surface area (Å²) in [4.78, 5) is 0. The van der Waals surface area contributed by atoms with Crippen molar-refractivity contribution in [3.8, 4) is 0 Å². The third kappa shape index (κ3) is 13.2. The molecule has 4 aromatic carbocycles. The average Bonchev–Trinajstić information content (AvgIpc) is 3.12. The third-order valence-corrected chi connectivity index (χ3v) is 10.4. The lowest BCUT2D eigenvalue weighted by atomic mass is 9.87. The standard InChI is InChI=1S/C36H43BO3.C8H20N/c1-27-9-17-31(18-10-27)35(32-19-11-28(2)12-20-32)7-5-25-39-37(38)40-26-6-8-36(33-21-13-29(3)14-22-33)34-23-15-30(4)16-24-34;1-5-9(6-2,7-3)8-4/h9-24,35-36,38H,5-8,25-26H2,1-4H3;5-8H2,1-4H3/q;+1. The van der Waals surface area contributed by atoms with Crippen molar-refractivity contribution in [3.05, 3.63) is 142 Å². The maximum absolute atomic E-state index is 10.3. The highest BCUT2D eigenvalue weighted by Gasteiger charge is 2.20. The molecule has 4 aromatic rings. The Kier molecular flexibility index (Phi) is 17.3. The lowest BCUT2D eigenvalue weighted by molar-refractivity contribution is -0.921. The van der Waals surface area contributed by atoms with Crippen molar-refractivity contribution < 1.29 is 18.8 Å². The molecule has 0 saturated heterocycles. The molecule has 264 valence electrons. The number of aryl methyl sites for hydroxylation is 4. The van der Waals surface area contributed by atoms with Gasteiger partial charge in [-0.25, -0.2) is 0 Å². The molecule has 0 heterocycles. The largest absolute Gasteiger partial charge is 0.636 e. The molecule has 5 heteroatoms. The second kappa shape index (κ2) is 21.1. The summed E-state index contributed by atoms with van der Waals surface area (Å²) >= 11 is 0. The molecule has 0 amide bonds. The number of nitrogens with zero attached hydrogens (tertiary/aromatic N) is 1. The van der Waals surface area contributed by atoms with Crippen molar-refractivity contribution in [1.82, 2.24) is 0 Å². The first-order valence-electron chi connectivity index (χ1n) is 18.7. The molecule has 49 heavy (non-hydrogen) atoms. The predicted octanol–water partition coefficient (Wildman–Crippen LogP) is 10.3. The second-order valence-corrected chi connectivity index (χ2v) is 13.7. The van der Waals surface area contributed by atoms with Crippen molar-refractivity contribution in [1.29, 1.82) is 0 Å². The van der Waals surface area contributed by atoms with Gasteiger partial charge in [-0.2, -0.15) is 0 Å². The monoisotopic (exact) mass is 664 g/mol. The van der Waals surface area contributed by atoms with Gasteiger partial charge in [-0.1, -0.05) is 119 Å². The zero-order chi connectivity index (χ0) is 35.6. The summed E-state index contributed by atoms with van der Waals surface area (Å²) in [5, 5.41) is 10.3. The molecule has 0 atom stereocenters. The minimum absolute atomic E-state index is 0.295. The molecule has 0 bridgehead atoms.